The molecular weight excluding hydrogens is 499 g/mol. The number of halogens is 2. The number of piperazine rings is 1. The summed E-state index contributed by atoms with van der Waals surface area (Å²) in [6.07, 6.45) is 1.11. The normalized spacial score (nSPS) is 14.6. The lowest BCUT2D eigenvalue weighted by atomic mass is 10.1. The molecule has 1 aliphatic rings. The molecule has 0 atom stereocenters. The molecule has 2 aromatic rings. The van der Waals surface area contributed by atoms with Crippen LogP contribution in [0.2, 0.25) is 10.0 Å². The van der Waals surface area contributed by atoms with E-state index in [0.29, 0.717) is 53.0 Å². The van der Waals surface area contributed by atoms with E-state index in [-0.39, 0.29) is 18.4 Å². The standard InChI is InChI=1S/C23H28Cl2N4O4S/c1-17(30)28-14-12-27(13-15-28)11-10-26-23(31)18-6-8-20(9-7-18)29(34(2,32)33)16-19-4-3-5-21(24)22(19)25/h3-9H,10-16H2,1-2H3,(H,26,31). The zero-order valence-corrected chi connectivity index (χ0v) is 21.5. The smallest absolute Gasteiger partial charge is 0.251 e. The van der Waals surface area contributed by atoms with E-state index in [0.717, 1.165) is 19.3 Å². The molecule has 8 nitrogen and oxygen atoms in total. The first kappa shape index (κ1) is 26.3. The van der Waals surface area contributed by atoms with E-state index in [9.17, 15) is 18.0 Å². The van der Waals surface area contributed by atoms with Crippen molar-refractivity contribution in [1.29, 1.82) is 0 Å². The monoisotopic (exact) mass is 526 g/mol. The highest BCUT2D eigenvalue weighted by Gasteiger charge is 2.21. The van der Waals surface area contributed by atoms with Gasteiger partial charge in [0.1, 0.15) is 0 Å². The van der Waals surface area contributed by atoms with Crippen molar-refractivity contribution >= 4 is 50.7 Å². The van der Waals surface area contributed by atoms with E-state index in [1.165, 1.54) is 4.31 Å². The Bertz CT molecular complexity index is 1130. The van der Waals surface area contributed by atoms with Crippen LogP contribution in [0.1, 0.15) is 22.8 Å². The topological polar surface area (TPSA) is 90.0 Å². The van der Waals surface area contributed by atoms with Gasteiger partial charge in [-0.1, -0.05) is 35.3 Å². The number of benzene rings is 2. The van der Waals surface area contributed by atoms with Crippen LogP contribution in [-0.4, -0.2) is 75.6 Å². The Kier molecular flexibility index (Phi) is 8.81. The van der Waals surface area contributed by atoms with Crippen molar-refractivity contribution in [2.45, 2.75) is 13.5 Å². The summed E-state index contributed by atoms with van der Waals surface area (Å²) in [6.45, 7) is 5.71. The van der Waals surface area contributed by atoms with E-state index in [1.807, 2.05) is 4.90 Å². The molecule has 1 fully saturated rings. The Morgan fingerprint density at radius 3 is 2.26 bits per heavy atom. The minimum absolute atomic E-state index is 0.0145. The zero-order valence-electron chi connectivity index (χ0n) is 19.1. The highest BCUT2D eigenvalue weighted by Crippen LogP contribution is 2.29. The molecule has 0 bridgehead atoms. The second kappa shape index (κ2) is 11.4. The van der Waals surface area contributed by atoms with Crippen LogP contribution in [0.5, 0.6) is 0 Å². The van der Waals surface area contributed by atoms with Crippen LogP contribution < -0.4 is 9.62 Å². The highest BCUT2D eigenvalue weighted by atomic mass is 35.5. The van der Waals surface area contributed by atoms with Gasteiger partial charge in [0.25, 0.3) is 5.91 Å². The molecule has 2 aromatic carbocycles. The number of nitrogens with one attached hydrogen (secondary N) is 1. The molecular formula is C23H28Cl2N4O4S. The molecule has 0 aromatic heterocycles. The van der Waals surface area contributed by atoms with Gasteiger partial charge in [-0.15, -0.1) is 0 Å². The van der Waals surface area contributed by atoms with Crippen LogP contribution in [0.4, 0.5) is 5.69 Å². The number of hydrogen-bond acceptors (Lipinski definition) is 5. The lowest BCUT2D eigenvalue weighted by Gasteiger charge is -2.34. The summed E-state index contributed by atoms with van der Waals surface area (Å²) in [5.74, 6) is -0.154. The van der Waals surface area contributed by atoms with Crippen molar-refractivity contribution in [2.24, 2.45) is 0 Å². The van der Waals surface area contributed by atoms with Crippen molar-refractivity contribution < 1.29 is 18.0 Å². The first-order valence-electron chi connectivity index (χ1n) is 10.8. The number of carbonyl (C=O) groups is 2. The van der Waals surface area contributed by atoms with E-state index in [1.54, 1.807) is 49.4 Å². The van der Waals surface area contributed by atoms with Crippen molar-refractivity contribution in [1.82, 2.24) is 15.1 Å². The van der Waals surface area contributed by atoms with Gasteiger partial charge in [-0.05, 0) is 35.9 Å². The summed E-state index contributed by atoms with van der Waals surface area (Å²) in [7, 11) is -3.61. The maximum Gasteiger partial charge on any atom is 0.251 e. The predicted octanol–water partition coefficient (Wildman–Crippen LogP) is 2.85. The first-order valence-corrected chi connectivity index (χ1v) is 13.4. The van der Waals surface area contributed by atoms with Crippen LogP contribution in [0, 0.1) is 0 Å². The Morgan fingerprint density at radius 1 is 1.03 bits per heavy atom. The Morgan fingerprint density at radius 2 is 1.68 bits per heavy atom. The minimum atomic E-state index is -3.61. The second-order valence-electron chi connectivity index (χ2n) is 8.13. The number of rotatable bonds is 8. The molecule has 0 spiro atoms. The fourth-order valence-electron chi connectivity index (χ4n) is 3.72. The third-order valence-corrected chi connectivity index (χ3v) is 7.69. The van der Waals surface area contributed by atoms with E-state index in [4.69, 9.17) is 23.2 Å². The van der Waals surface area contributed by atoms with Gasteiger partial charge in [0.05, 0.1) is 28.5 Å². The summed E-state index contributed by atoms with van der Waals surface area (Å²) < 4.78 is 26.1. The summed E-state index contributed by atoms with van der Waals surface area (Å²) in [5.41, 5.74) is 1.42. The molecule has 0 unspecified atom stereocenters. The van der Waals surface area contributed by atoms with Gasteiger partial charge in [-0.3, -0.25) is 18.8 Å². The maximum absolute atomic E-state index is 12.5. The number of anilines is 1. The van der Waals surface area contributed by atoms with Crippen LogP contribution in [0.3, 0.4) is 0 Å². The van der Waals surface area contributed by atoms with Crippen molar-refractivity contribution in [3.8, 4) is 0 Å². The highest BCUT2D eigenvalue weighted by molar-refractivity contribution is 7.92. The molecule has 11 heteroatoms. The summed E-state index contributed by atoms with van der Waals surface area (Å²) in [5, 5.41) is 3.54. The Balaban J connectivity index is 1.59. The zero-order chi connectivity index (χ0) is 24.9. The van der Waals surface area contributed by atoms with Gasteiger partial charge in [0.15, 0.2) is 0 Å². The average molecular weight is 527 g/mol. The molecule has 1 heterocycles. The van der Waals surface area contributed by atoms with Crippen molar-refractivity contribution in [2.75, 3.05) is 49.8 Å². The number of sulfonamides is 1. The number of carbonyl (C=O) groups excluding carboxylic acids is 2. The third-order valence-electron chi connectivity index (χ3n) is 5.69. The lowest BCUT2D eigenvalue weighted by Crippen LogP contribution is -2.49. The molecule has 34 heavy (non-hydrogen) atoms. The van der Waals surface area contributed by atoms with Gasteiger partial charge in [0, 0.05) is 51.8 Å². The molecule has 0 radical (unpaired) electrons. The van der Waals surface area contributed by atoms with Crippen LogP contribution in [-0.2, 0) is 21.4 Å². The van der Waals surface area contributed by atoms with E-state index >= 15 is 0 Å². The van der Waals surface area contributed by atoms with Crippen molar-refractivity contribution in [3.05, 3.63) is 63.6 Å². The van der Waals surface area contributed by atoms with Crippen LogP contribution in [0.15, 0.2) is 42.5 Å². The molecule has 1 N–H and O–H groups in total. The fourth-order valence-corrected chi connectivity index (χ4v) is 4.98. The Hall–Kier alpha value is -2.33. The van der Waals surface area contributed by atoms with E-state index in [2.05, 4.69) is 10.2 Å². The van der Waals surface area contributed by atoms with Crippen molar-refractivity contribution in [3.63, 3.8) is 0 Å². The molecule has 1 aliphatic heterocycles. The number of amides is 2. The SMILES string of the molecule is CC(=O)N1CCN(CCNC(=O)c2ccc(N(Cc3cccc(Cl)c3Cl)S(C)(=O)=O)cc2)CC1. The number of hydrogen-bond donors (Lipinski definition) is 1. The average Bonchev–Trinajstić information content (AvgIpc) is 2.79. The van der Waals surface area contributed by atoms with Gasteiger partial charge < -0.3 is 10.2 Å². The van der Waals surface area contributed by atoms with Crippen LogP contribution >= 0.6 is 23.2 Å². The first-order chi connectivity index (χ1) is 16.1. The summed E-state index contributed by atoms with van der Waals surface area (Å²) >= 11 is 12.3. The quantitative estimate of drug-likeness (QED) is 0.571. The lowest BCUT2D eigenvalue weighted by molar-refractivity contribution is -0.130. The predicted molar refractivity (Wildman–Crippen MR) is 135 cm³/mol. The summed E-state index contributed by atoms with van der Waals surface area (Å²) in [6, 6.07) is 11.4. The molecule has 0 aliphatic carbocycles. The Labute approximate surface area is 210 Å². The van der Waals surface area contributed by atoms with Gasteiger partial charge in [0.2, 0.25) is 15.9 Å². The maximum atomic E-state index is 12.5. The molecule has 2 amide bonds. The van der Waals surface area contributed by atoms with Gasteiger partial charge >= 0.3 is 0 Å². The summed E-state index contributed by atoms with van der Waals surface area (Å²) in [4.78, 5) is 28.0. The third kappa shape index (κ3) is 6.85. The molecule has 1 saturated heterocycles. The largest absolute Gasteiger partial charge is 0.351 e. The fraction of sp³-hybridized carbons (Fsp3) is 0.391. The van der Waals surface area contributed by atoms with E-state index < -0.39 is 10.0 Å². The molecule has 3 rings (SSSR count). The second-order valence-corrected chi connectivity index (χ2v) is 10.8. The molecule has 0 saturated carbocycles. The minimum Gasteiger partial charge on any atom is -0.351 e. The van der Waals surface area contributed by atoms with Gasteiger partial charge in [-0.2, -0.15) is 0 Å². The van der Waals surface area contributed by atoms with Gasteiger partial charge in [-0.25, -0.2) is 8.42 Å². The van der Waals surface area contributed by atoms with Crippen LogP contribution in [0.25, 0.3) is 0 Å². The number of nitrogens with zero attached hydrogens (tertiary/aromatic N) is 3. The molecule has 184 valence electrons.